The number of carbonyl (C=O) groups is 2. The topological polar surface area (TPSA) is 85.9 Å². The van der Waals surface area contributed by atoms with Crippen molar-refractivity contribution in [3.8, 4) is 17.2 Å². The Morgan fingerprint density at radius 2 is 1.88 bits per heavy atom. The maximum Gasteiger partial charge on any atom is 0.243 e. The molecule has 0 radical (unpaired) electrons. The van der Waals surface area contributed by atoms with Crippen LogP contribution in [0.1, 0.15) is 5.56 Å². The molecule has 0 bridgehead atoms. The van der Waals surface area contributed by atoms with E-state index in [1.54, 1.807) is 31.4 Å². The summed E-state index contributed by atoms with van der Waals surface area (Å²) in [7, 11) is 1.55. The summed E-state index contributed by atoms with van der Waals surface area (Å²) in [6, 6.07) is 12.4. The van der Waals surface area contributed by atoms with E-state index in [-0.39, 0.29) is 31.6 Å². The molecule has 0 spiro atoms. The van der Waals surface area contributed by atoms with Crippen LogP contribution in [-0.2, 0) is 16.0 Å². The quantitative estimate of drug-likeness (QED) is 0.835. The number of anilines is 1. The Morgan fingerprint density at radius 1 is 1.08 bits per heavy atom. The standard InChI is InChI=1S/C18H18N2O5/c1-23-14-5-3-2-4-12(14)8-17(21)19-10-18(22)20-13-6-7-15-16(9-13)25-11-24-15/h2-7,9H,8,10-11H2,1H3,(H,19,21)(H,20,22). The van der Waals surface area contributed by atoms with Crippen molar-refractivity contribution in [2.24, 2.45) is 0 Å². The molecule has 0 saturated carbocycles. The average molecular weight is 342 g/mol. The largest absolute Gasteiger partial charge is 0.496 e. The lowest BCUT2D eigenvalue weighted by atomic mass is 10.1. The highest BCUT2D eigenvalue weighted by Crippen LogP contribution is 2.34. The van der Waals surface area contributed by atoms with Crippen molar-refractivity contribution in [1.82, 2.24) is 5.32 Å². The summed E-state index contributed by atoms with van der Waals surface area (Å²) in [6.45, 7) is 0.0498. The Balaban J connectivity index is 1.49. The van der Waals surface area contributed by atoms with Crippen molar-refractivity contribution < 1.29 is 23.8 Å². The minimum absolute atomic E-state index is 0.123. The van der Waals surface area contributed by atoms with Crippen LogP contribution in [0.25, 0.3) is 0 Å². The summed E-state index contributed by atoms with van der Waals surface area (Å²) in [5, 5.41) is 5.29. The third-order valence-electron chi connectivity index (χ3n) is 3.65. The first-order chi connectivity index (χ1) is 12.2. The molecule has 25 heavy (non-hydrogen) atoms. The first-order valence-electron chi connectivity index (χ1n) is 7.74. The zero-order valence-corrected chi connectivity index (χ0v) is 13.7. The van der Waals surface area contributed by atoms with E-state index in [4.69, 9.17) is 14.2 Å². The highest BCUT2D eigenvalue weighted by molar-refractivity contribution is 5.95. The van der Waals surface area contributed by atoms with E-state index in [1.165, 1.54) is 0 Å². The zero-order valence-electron chi connectivity index (χ0n) is 13.7. The van der Waals surface area contributed by atoms with Gasteiger partial charge in [-0.2, -0.15) is 0 Å². The molecule has 2 amide bonds. The van der Waals surface area contributed by atoms with Gasteiger partial charge < -0.3 is 24.8 Å². The van der Waals surface area contributed by atoms with Gasteiger partial charge in [0.1, 0.15) is 5.75 Å². The monoisotopic (exact) mass is 342 g/mol. The molecule has 0 aromatic heterocycles. The van der Waals surface area contributed by atoms with Gasteiger partial charge in [-0.1, -0.05) is 18.2 Å². The van der Waals surface area contributed by atoms with Crippen LogP contribution < -0.4 is 24.8 Å². The molecule has 0 saturated heterocycles. The van der Waals surface area contributed by atoms with Crippen LogP contribution >= 0.6 is 0 Å². The van der Waals surface area contributed by atoms with E-state index in [0.717, 1.165) is 5.56 Å². The summed E-state index contributed by atoms with van der Waals surface area (Å²) >= 11 is 0. The maximum atomic E-state index is 12.0. The predicted molar refractivity (Wildman–Crippen MR) is 90.9 cm³/mol. The predicted octanol–water partition coefficient (Wildman–Crippen LogP) is 1.72. The average Bonchev–Trinajstić information content (AvgIpc) is 3.08. The Kier molecular flexibility index (Phi) is 5.03. The molecule has 0 unspecified atom stereocenters. The number of carbonyl (C=O) groups excluding carboxylic acids is 2. The van der Waals surface area contributed by atoms with Gasteiger partial charge in [-0.15, -0.1) is 0 Å². The van der Waals surface area contributed by atoms with Crippen LogP contribution in [-0.4, -0.2) is 32.3 Å². The van der Waals surface area contributed by atoms with E-state index < -0.39 is 0 Å². The summed E-state index contributed by atoms with van der Waals surface area (Å²) in [5.41, 5.74) is 1.34. The number of amides is 2. The van der Waals surface area contributed by atoms with Gasteiger partial charge in [0.25, 0.3) is 0 Å². The molecule has 7 heteroatoms. The summed E-state index contributed by atoms with van der Waals surface area (Å²) in [4.78, 5) is 24.0. The fourth-order valence-electron chi connectivity index (χ4n) is 2.44. The maximum absolute atomic E-state index is 12.0. The minimum Gasteiger partial charge on any atom is -0.496 e. The number of methoxy groups -OCH3 is 1. The zero-order chi connectivity index (χ0) is 17.6. The van der Waals surface area contributed by atoms with Crippen molar-refractivity contribution >= 4 is 17.5 Å². The molecular formula is C18H18N2O5. The number of hydrogen-bond donors (Lipinski definition) is 2. The summed E-state index contributed by atoms with van der Waals surface area (Å²) < 4.78 is 15.7. The van der Waals surface area contributed by atoms with Gasteiger partial charge >= 0.3 is 0 Å². The molecule has 1 aliphatic rings. The van der Waals surface area contributed by atoms with E-state index in [9.17, 15) is 9.59 Å². The second kappa shape index (κ2) is 7.57. The summed E-state index contributed by atoms with van der Waals surface area (Å²) in [5.74, 6) is 1.28. The van der Waals surface area contributed by atoms with Crippen LogP contribution in [0.5, 0.6) is 17.2 Å². The summed E-state index contributed by atoms with van der Waals surface area (Å²) in [6.07, 6.45) is 0.140. The number of para-hydroxylation sites is 1. The van der Waals surface area contributed by atoms with Gasteiger partial charge in [0.2, 0.25) is 18.6 Å². The van der Waals surface area contributed by atoms with E-state index >= 15 is 0 Å². The molecule has 2 N–H and O–H groups in total. The van der Waals surface area contributed by atoms with E-state index in [1.807, 2.05) is 18.2 Å². The van der Waals surface area contributed by atoms with Gasteiger partial charge in [0.05, 0.1) is 20.1 Å². The molecule has 2 aromatic carbocycles. The van der Waals surface area contributed by atoms with Crippen LogP contribution in [0.4, 0.5) is 5.69 Å². The smallest absolute Gasteiger partial charge is 0.243 e. The Labute approximate surface area is 144 Å². The second-order valence-electron chi connectivity index (χ2n) is 5.38. The number of rotatable bonds is 6. The molecule has 7 nitrogen and oxygen atoms in total. The Bertz CT molecular complexity index is 791. The first kappa shape index (κ1) is 16.6. The lowest BCUT2D eigenvalue weighted by molar-refractivity contribution is -0.123. The van der Waals surface area contributed by atoms with Gasteiger partial charge in [-0.25, -0.2) is 0 Å². The molecular weight excluding hydrogens is 324 g/mol. The molecule has 2 aromatic rings. The van der Waals surface area contributed by atoms with Crippen molar-refractivity contribution in [3.63, 3.8) is 0 Å². The van der Waals surface area contributed by atoms with Crippen LogP contribution in [0.2, 0.25) is 0 Å². The van der Waals surface area contributed by atoms with Gasteiger partial charge in [0, 0.05) is 17.3 Å². The van der Waals surface area contributed by atoms with Gasteiger partial charge in [0.15, 0.2) is 11.5 Å². The fourth-order valence-corrected chi connectivity index (χ4v) is 2.44. The number of hydrogen-bond acceptors (Lipinski definition) is 5. The van der Waals surface area contributed by atoms with E-state index in [2.05, 4.69) is 10.6 Å². The molecule has 130 valence electrons. The molecule has 1 heterocycles. The first-order valence-corrected chi connectivity index (χ1v) is 7.74. The molecule has 3 rings (SSSR count). The molecule has 1 aliphatic heterocycles. The number of fused-ring (bicyclic) bond motifs is 1. The van der Waals surface area contributed by atoms with Crippen LogP contribution in [0, 0.1) is 0 Å². The van der Waals surface area contributed by atoms with Crippen molar-refractivity contribution in [2.45, 2.75) is 6.42 Å². The van der Waals surface area contributed by atoms with Gasteiger partial charge in [-0.05, 0) is 18.2 Å². The SMILES string of the molecule is COc1ccccc1CC(=O)NCC(=O)Nc1ccc2c(c1)OCO2. The highest BCUT2D eigenvalue weighted by atomic mass is 16.7. The lowest BCUT2D eigenvalue weighted by Crippen LogP contribution is -2.33. The van der Waals surface area contributed by atoms with Crippen molar-refractivity contribution in [1.29, 1.82) is 0 Å². The molecule has 0 atom stereocenters. The fraction of sp³-hybridized carbons (Fsp3) is 0.222. The van der Waals surface area contributed by atoms with Crippen molar-refractivity contribution in [3.05, 3.63) is 48.0 Å². The molecule has 0 fully saturated rings. The number of ether oxygens (including phenoxy) is 3. The Hall–Kier alpha value is -3.22. The van der Waals surface area contributed by atoms with Crippen LogP contribution in [0.3, 0.4) is 0 Å². The van der Waals surface area contributed by atoms with E-state index in [0.29, 0.717) is 22.9 Å². The molecule has 0 aliphatic carbocycles. The normalized spacial score (nSPS) is 11.7. The Morgan fingerprint density at radius 3 is 2.72 bits per heavy atom. The minimum atomic E-state index is -0.327. The van der Waals surface area contributed by atoms with Gasteiger partial charge in [-0.3, -0.25) is 9.59 Å². The van der Waals surface area contributed by atoms with Crippen LogP contribution in [0.15, 0.2) is 42.5 Å². The number of nitrogens with one attached hydrogen (secondary N) is 2. The third-order valence-corrected chi connectivity index (χ3v) is 3.65. The van der Waals surface area contributed by atoms with Crippen molar-refractivity contribution in [2.75, 3.05) is 25.8 Å². The lowest BCUT2D eigenvalue weighted by Gasteiger charge is -2.09. The second-order valence-corrected chi connectivity index (χ2v) is 5.38. The highest BCUT2D eigenvalue weighted by Gasteiger charge is 2.14. The number of benzene rings is 2. The third kappa shape index (κ3) is 4.20.